The average molecular weight is 283 g/mol. The quantitative estimate of drug-likeness (QED) is 0.743. The lowest BCUT2D eigenvalue weighted by molar-refractivity contribution is 0.594. The molecule has 1 N–H and O–H groups in total. The van der Waals surface area contributed by atoms with E-state index in [9.17, 15) is 0 Å². The lowest BCUT2D eigenvalue weighted by Crippen LogP contribution is -2.33. The summed E-state index contributed by atoms with van der Waals surface area (Å²) in [6.45, 7) is 14.2. The highest BCUT2D eigenvalue weighted by Crippen LogP contribution is 2.28. The summed E-state index contributed by atoms with van der Waals surface area (Å²) in [6.07, 6.45) is 3.65. The fraction of sp³-hybridized carbons (Fsp3) is 0.800. The van der Waals surface area contributed by atoms with Gasteiger partial charge in [0.25, 0.3) is 0 Å². The third-order valence-electron chi connectivity index (χ3n) is 3.54. The Bertz CT molecular complexity index is 362. The Morgan fingerprint density at radius 3 is 2.63 bits per heavy atom. The summed E-state index contributed by atoms with van der Waals surface area (Å²) in [4.78, 5) is 8.65. The monoisotopic (exact) mass is 283 g/mol. The van der Waals surface area contributed by atoms with Crippen molar-refractivity contribution in [2.75, 3.05) is 18.0 Å². The largest absolute Gasteiger partial charge is 0.345 e. The van der Waals surface area contributed by atoms with Gasteiger partial charge in [-0.25, -0.2) is 4.98 Å². The van der Waals surface area contributed by atoms with Crippen LogP contribution in [0.3, 0.4) is 0 Å². The van der Waals surface area contributed by atoms with Crippen LogP contribution in [-0.2, 0) is 6.54 Å². The molecule has 3 nitrogen and oxygen atoms in total. The summed E-state index contributed by atoms with van der Waals surface area (Å²) in [7, 11) is 0. The highest BCUT2D eigenvalue weighted by Gasteiger charge is 2.17. The predicted molar refractivity (Wildman–Crippen MR) is 86.2 cm³/mol. The fourth-order valence-corrected chi connectivity index (χ4v) is 3.15. The average Bonchev–Trinajstić information content (AvgIpc) is 2.77. The van der Waals surface area contributed by atoms with E-state index in [0.29, 0.717) is 6.04 Å². The summed E-state index contributed by atoms with van der Waals surface area (Å²) in [5, 5.41) is 4.60. The number of aromatic nitrogens is 1. The summed E-state index contributed by atoms with van der Waals surface area (Å²) >= 11 is 1.85. The number of nitrogens with zero attached hydrogens (tertiary/aromatic N) is 2. The first-order valence-electron chi connectivity index (χ1n) is 7.57. The van der Waals surface area contributed by atoms with Gasteiger partial charge in [0.05, 0.1) is 5.69 Å². The molecular weight excluding hydrogens is 254 g/mol. The van der Waals surface area contributed by atoms with Crippen LogP contribution in [0.15, 0.2) is 0 Å². The van der Waals surface area contributed by atoms with Crippen LogP contribution in [0.1, 0.15) is 57.5 Å². The molecule has 4 heteroatoms. The van der Waals surface area contributed by atoms with E-state index in [1.165, 1.54) is 35.0 Å². The number of hydrogen-bond donors (Lipinski definition) is 1. The maximum atomic E-state index is 4.79. The molecule has 0 aliphatic heterocycles. The normalized spacial score (nSPS) is 12.7. The van der Waals surface area contributed by atoms with Crippen molar-refractivity contribution in [1.82, 2.24) is 10.3 Å². The summed E-state index contributed by atoms with van der Waals surface area (Å²) in [5.41, 5.74) is 1.19. The van der Waals surface area contributed by atoms with Gasteiger partial charge in [0, 0.05) is 24.0 Å². The molecule has 1 atom stereocenters. The molecule has 0 saturated carbocycles. The predicted octanol–water partition coefficient (Wildman–Crippen LogP) is 3.97. The maximum Gasteiger partial charge on any atom is 0.186 e. The minimum atomic E-state index is 0.573. The number of rotatable bonds is 9. The standard InChI is InChI=1S/C15H29N3S/c1-6-9-10-18(12(4)7-2)15-17-13(5)14(19-15)11-16-8-3/h12,16H,6-11H2,1-5H3. The molecule has 0 saturated heterocycles. The first kappa shape index (κ1) is 16.4. The van der Waals surface area contributed by atoms with Gasteiger partial charge in [0.1, 0.15) is 0 Å². The smallest absolute Gasteiger partial charge is 0.186 e. The van der Waals surface area contributed by atoms with Crippen molar-refractivity contribution < 1.29 is 0 Å². The first-order valence-corrected chi connectivity index (χ1v) is 8.39. The fourth-order valence-electron chi connectivity index (χ4n) is 1.99. The molecular formula is C15H29N3S. The number of aryl methyl sites for hydroxylation is 1. The third kappa shape index (κ3) is 4.77. The lowest BCUT2D eigenvalue weighted by Gasteiger charge is -2.28. The minimum Gasteiger partial charge on any atom is -0.345 e. The molecule has 110 valence electrons. The van der Waals surface area contributed by atoms with Crippen LogP contribution >= 0.6 is 11.3 Å². The number of nitrogens with one attached hydrogen (secondary N) is 1. The van der Waals surface area contributed by atoms with E-state index < -0.39 is 0 Å². The second kappa shape index (κ2) is 8.54. The van der Waals surface area contributed by atoms with Gasteiger partial charge in [0.15, 0.2) is 5.13 Å². The first-order chi connectivity index (χ1) is 9.13. The van der Waals surface area contributed by atoms with Gasteiger partial charge >= 0.3 is 0 Å². The lowest BCUT2D eigenvalue weighted by atomic mass is 10.2. The molecule has 0 spiro atoms. The zero-order valence-corrected chi connectivity index (χ0v) is 13.9. The Kier molecular flexibility index (Phi) is 7.39. The summed E-state index contributed by atoms with van der Waals surface area (Å²) in [6, 6.07) is 0.573. The van der Waals surface area contributed by atoms with Crippen molar-refractivity contribution in [3.63, 3.8) is 0 Å². The van der Waals surface area contributed by atoms with Crippen LogP contribution in [0.2, 0.25) is 0 Å². The highest BCUT2D eigenvalue weighted by atomic mass is 32.1. The molecule has 1 heterocycles. The van der Waals surface area contributed by atoms with Crippen LogP contribution in [-0.4, -0.2) is 24.1 Å². The van der Waals surface area contributed by atoms with E-state index in [4.69, 9.17) is 4.98 Å². The van der Waals surface area contributed by atoms with Crippen LogP contribution in [0.4, 0.5) is 5.13 Å². The molecule has 0 radical (unpaired) electrons. The zero-order chi connectivity index (χ0) is 14.3. The number of hydrogen-bond acceptors (Lipinski definition) is 4. The van der Waals surface area contributed by atoms with Gasteiger partial charge in [-0.3, -0.25) is 0 Å². The van der Waals surface area contributed by atoms with Gasteiger partial charge in [-0.05, 0) is 33.2 Å². The minimum absolute atomic E-state index is 0.573. The van der Waals surface area contributed by atoms with Crippen molar-refractivity contribution in [3.8, 4) is 0 Å². The van der Waals surface area contributed by atoms with Crippen LogP contribution in [0.25, 0.3) is 0 Å². The second-order valence-electron chi connectivity index (χ2n) is 5.09. The van der Waals surface area contributed by atoms with Crippen LogP contribution in [0, 0.1) is 6.92 Å². The Morgan fingerprint density at radius 1 is 1.32 bits per heavy atom. The molecule has 0 aliphatic rings. The highest BCUT2D eigenvalue weighted by molar-refractivity contribution is 7.15. The van der Waals surface area contributed by atoms with E-state index in [2.05, 4.69) is 44.8 Å². The van der Waals surface area contributed by atoms with Crippen molar-refractivity contribution in [1.29, 1.82) is 0 Å². The Balaban J connectivity index is 2.83. The summed E-state index contributed by atoms with van der Waals surface area (Å²) in [5.74, 6) is 0. The molecule has 0 aromatic carbocycles. The topological polar surface area (TPSA) is 28.2 Å². The van der Waals surface area contributed by atoms with Crippen molar-refractivity contribution >= 4 is 16.5 Å². The number of anilines is 1. The van der Waals surface area contributed by atoms with E-state index in [-0.39, 0.29) is 0 Å². The summed E-state index contributed by atoms with van der Waals surface area (Å²) < 4.78 is 0. The molecule has 0 bridgehead atoms. The van der Waals surface area contributed by atoms with Gasteiger partial charge in [-0.15, -0.1) is 11.3 Å². The Morgan fingerprint density at radius 2 is 2.05 bits per heavy atom. The molecule has 1 aromatic heterocycles. The van der Waals surface area contributed by atoms with Crippen molar-refractivity contribution in [2.24, 2.45) is 0 Å². The molecule has 19 heavy (non-hydrogen) atoms. The van der Waals surface area contributed by atoms with Crippen LogP contribution in [0.5, 0.6) is 0 Å². The third-order valence-corrected chi connectivity index (χ3v) is 4.73. The second-order valence-corrected chi connectivity index (χ2v) is 6.15. The molecule has 1 aromatic rings. The number of thiazole rings is 1. The van der Waals surface area contributed by atoms with Crippen LogP contribution < -0.4 is 10.2 Å². The SMILES string of the molecule is CCCCN(c1nc(C)c(CNCC)s1)C(C)CC. The van der Waals surface area contributed by atoms with Crippen molar-refractivity contribution in [2.45, 2.75) is 66.5 Å². The number of unbranched alkanes of at least 4 members (excludes halogenated alkanes) is 1. The van der Waals surface area contributed by atoms with E-state index >= 15 is 0 Å². The maximum absolute atomic E-state index is 4.79. The molecule has 0 amide bonds. The van der Waals surface area contributed by atoms with Gasteiger partial charge in [-0.1, -0.05) is 27.2 Å². The van der Waals surface area contributed by atoms with E-state index in [1.807, 2.05) is 11.3 Å². The van der Waals surface area contributed by atoms with Gasteiger partial charge < -0.3 is 10.2 Å². The van der Waals surface area contributed by atoms with Crippen molar-refractivity contribution in [3.05, 3.63) is 10.6 Å². The van der Waals surface area contributed by atoms with E-state index in [0.717, 1.165) is 19.6 Å². The van der Waals surface area contributed by atoms with Gasteiger partial charge in [-0.2, -0.15) is 0 Å². The van der Waals surface area contributed by atoms with E-state index in [1.54, 1.807) is 0 Å². The molecule has 1 rings (SSSR count). The molecule has 0 aliphatic carbocycles. The zero-order valence-electron chi connectivity index (χ0n) is 13.1. The Hall–Kier alpha value is -0.610. The van der Waals surface area contributed by atoms with Gasteiger partial charge in [0.2, 0.25) is 0 Å². The Labute approximate surface area is 122 Å². The molecule has 1 unspecified atom stereocenters. The molecule has 0 fully saturated rings.